The van der Waals surface area contributed by atoms with E-state index in [2.05, 4.69) is 15.5 Å². The van der Waals surface area contributed by atoms with Gasteiger partial charge in [0, 0.05) is 12.2 Å². The number of aromatic nitrogens is 3. The zero-order valence-corrected chi connectivity index (χ0v) is 14.8. The molecule has 0 bridgehead atoms. The number of carbonyl (C=O) groups excluding carboxylic acids is 1. The molecule has 0 saturated heterocycles. The molecule has 1 heterocycles. The van der Waals surface area contributed by atoms with Gasteiger partial charge in [0.1, 0.15) is 6.33 Å². The van der Waals surface area contributed by atoms with Crippen LogP contribution in [0.2, 0.25) is 0 Å². The van der Waals surface area contributed by atoms with E-state index in [4.69, 9.17) is 0 Å². The third-order valence-corrected chi connectivity index (χ3v) is 5.55. The maximum absolute atomic E-state index is 12.4. The van der Waals surface area contributed by atoms with Gasteiger partial charge in [-0.25, -0.2) is 0 Å². The number of rotatable bonds is 6. The second-order valence-electron chi connectivity index (χ2n) is 6.33. The summed E-state index contributed by atoms with van der Waals surface area (Å²) >= 11 is 1.44. The summed E-state index contributed by atoms with van der Waals surface area (Å²) in [6, 6.07) is 9.93. The van der Waals surface area contributed by atoms with Gasteiger partial charge in [-0.2, -0.15) is 0 Å². The highest BCUT2D eigenvalue weighted by atomic mass is 32.2. The van der Waals surface area contributed by atoms with Gasteiger partial charge in [0.25, 0.3) is 0 Å². The standard InChI is InChI=1S/C18H24N4OS/c1-14(17(23)19-12-15-8-4-2-5-9-15)24-18-21-20-13-22(18)16-10-6-3-7-11-16/h3,6-7,10-11,13-15H,2,4-5,8-9,12H2,1H3,(H,19,23)/t14-/m0/s1. The monoisotopic (exact) mass is 344 g/mol. The topological polar surface area (TPSA) is 59.8 Å². The first-order valence-corrected chi connectivity index (χ1v) is 9.52. The van der Waals surface area contributed by atoms with Crippen LogP contribution in [0.15, 0.2) is 41.8 Å². The molecule has 3 rings (SSSR count). The fourth-order valence-corrected chi connectivity index (χ4v) is 3.93. The van der Waals surface area contributed by atoms with Gasteiger partial charge >= 0.3 is 0 Å². The van der Waals surface area contributed by atoms with Gasteiger partial charge in [-0.1, -0.05) is 49.2 Å². The quantitative estimate of drug-likeness (QED) is 0.816. The number of hydrogen-bond acceptors (Lipinski definition) is 4. The molecule has 128 valence electrons. The number of thioether (sulfide) groups is 1. The summed E-state index contributed by atoms with van der Waals surface area (Å²) in [4.78, 5) is 12.4. The molecule has 0 spiro atoms. The summed E-state index contributed by atoms with van der Waals surface area (Å²) in [6.45, 7) is 2.72. The smallest absolute Gasteiger partial charge is 0.233 e. The zero-order chi connectivity index (χ0) is 16.8. The van der Waals surface area contributed by atoms with E-state index in [9.17, 15) is 4.79 Å². The summed E-state index contributed by atoms with van der Waals surface area (Å²) < 4.78 is 1.91. The molecule has 1 aromatic carbocycles. The lowest BCUT2D eigenvalue weighted by Gasteiger charge is -2.22. The molecule has 1 aliphatic rings. The number of nitrogens with zero attached hydrogens (tertiary/aromatic N) is 3. The van der Waals surface area contributed by atoms with E-state index >= 15 is 0 Å². The second kappa shape index (κ2) is 8.33. The Hall–Kier alpha value is -1.82. The molecule has 1 N–H and O–H groups in total. The van der Waals surface area contributed by atoms with Crippen molar-refractivity contribution in [3.8, 4) is 5.69 Å². The third-order valence-electron chi connectivity index (χ3n) is 4.49. The van der Waals surface area contributed by atoms with Gasteiger partial charge in [-0.05, 0) is 37.8 Å². The molecular formula is C18H24N4OS. The lowest BCUT2D eigenvalue weighted by atomic mass is 9.89. The Balaban J connectivity index is 1.56. The minimum Gasteiger partial charge on any atom is -0.355 e. The first kappa shape index (κ1) is 17.0. The minimum atomic E-state index is -0.194. The predicted molar refractivity (Wildman–Crippen MR) is 96.3 cm³/mol. The van der Waals surface area contributed by atoms with Crippen molar-refractivity contribution in [3.63, 3.8) is 0 Å². The van der Waals surface area contributed by atoms with Crippen LogP contribution >= 0.6 is 11.8 Å². The van der Waals surface area contributed by atoms with Crippen LogP contribution in [0.5, 0.6) is 0 Å². The lowest BCUT2D eigenvalue weighted by molar-refractivity contribution is -0.120. The highest BCUT2D eigenvalue weighted by Gasteiger charge is 2.20. The van der Waals surface area contributed by atoms with E-state index in [0.717, 1.165) is 17.4 Å². The van der Waals surface area contributed by atoms with E-state index in [0.29, 0.717) is 5.92 Å². The summed E-state index contributed by atoms with van der Waals surface area (Å²) in [6.07, 6.45) is 8.10. The molecule has 1 aliphatic carbocycles. The maximum atomic E-state index is 12.4. The van der Waals surface area contributed by atoms with Crippen LogP contribution in [0.25, 0.3) is 5.69 Å². The van der Waals surface area contributed by atoms with Crippen LogP contribution in [0, 0.1) is 5.92 Å². The molecule has 1 fully saturated rings. The van der Waals surface area contributed by atoms with Crippen LogP contribution in [0.3, 0.4) is 0 Å². The number of hydrogen-bond donors (Lipinski definition) is 1. The molecule has 1 atom stereocenters. The number of amides is 1. The summed E-state index contributed by atoms with van der Waals surface area (Å²) in [5.41, 5.74) is 1.000. The summed E-state index contributed by atoms with van der Waals surface area (Å²) in [5, 5.41) is 11.8. The summed E-state index contributed by atoms with van der Waals surface area (Å²) in [5.74, 6) is 0.723. The Bertz CT molecular complexity index is 652. The molecule has 1 aromatic heterocycles. The molecule has 5 nitrogen and oxygen atoms in total. The van der Waals surface area contributed by atoms with Crippen molar-refractivity contribution < 1.29 is 4.79 Å². The van der Waals surface area contributed by atoms with Crippen molar-refractivity contribution in [2.75, 3.05) is 6.54 Å². The van der Waals surface area contributed by atoms with Gasteiger partial charge in [-0.15, -0.1) is 10.2 Å². The molecule has 0 radical (unpaired) electrons. The molecule has 1 saturated carbocycles. The average molecular weight is 344 g/mol. The first-order valence-electron chi connectivity index (χ1n) is 8.64. The number of benzene rings is 1. The second-order valence-corrected chi connectivity index (χ2v) is 7.64. The predicted octanol–water partition coefficient (Wildman–Crippen LogP) is 3.44. The van der Waals surface area contributed by atoms with E-state index in [1.54, 1.807) is 6.33 Å². The fraction of sp³-hybridized carbons (Fsp3) is 0.500. The van der Waals surface area contributed by atoms with Crippen molar-refractivity contribution in [2.24, 2.45) is 5.92 Å². The first-order chi connectivity index (χ1) is 11.7. The van der Waals surface area contributed by atoms with Crippen molar-refractivity contribution >= 4 is 17.7 Å². The van der Waals surface area contributed by atoms with Crippen LogP contribution in [0.1, 0.15) is 39.0 Å². The molecule has 1 amide bonds. The van der Waals surface area contributed by atoms with Crippen molar-refractivity contribution in [1.29, 1.82) is 0 Å². The largest absolute Gasteiger partial charge is 0.355 e. The van der Waals surface area contributed by atoms with Gasteiger partial charge in [0.2, 0.25) is 5.91 Å². The van der Waals surface area contributed by atoms with Crippen LogP contribution < -0.4 is 5.32 Å². The van der Waals surface area contributed by atoms with Crippen molar-refractivity contribution in [2.45, 2.75) is 49.4 Å². The Morgan fingerprint density at radius 3 is 2.79 bits per heavy atom. The molecular weight excluding hydrogens is 320 g/mol. The van der Waals surface area contributed by atoms with Crippen molar-refractivity contribution in [3.05, 3.63) is 36.7 Å². The summed E-state index contributed by atoms with van der Waals surface area (Å²) in [7, 11) is 0. The molecule has 6 heteroatoms. The van der Waals surface area contributed by atoms with E-state index in [-0.39, 0.29) is 11.2 Å². The normalized spacial score (nSPS) is 16.7. The van der Waals surface area contributed by atoms with Crippen LogP contribution in [-0.2, 0) is 4.79 Å². The SMILES string of the molecule is C[C@H](Sc1nncn1-c1ccccc1)C(=O)NCC1CCCCC1. The lowest BCUT2D eigenvalue weighted by Crippen LogP contribution is -2.35. The number of carbonyl (C=O) groups is 1. The third kappa shape index (κ3) is 4.38. The zero-order valence-electron chi connectivity index (χ0n) is 14.0. The average Bonchev–Trinajstić information content (AvgIpc) is 3.09. The van der Waals surface area contributed by atoms with E-state index < -0.39 is 0 Å². The molecule has 24 heavy (non-hydrogen) atoms. The van der Waals surface area contributed by atoms with Gasteiger partial charge in [-0.3, -0.25) is 9.36 Å². The van der Waals surface area contributed by atoms with Gasteiger partial charge in [0.05, 0.1) is 5.25 Å². The Kier molecular flexibility index (Phi) is 5.91. The van der Waals surface area contributed by atoms with E-state index in [1.165, 1.54) is 43.9 Å². The highest BCUT2D eigenvalue weighted by molar-refractivity contribution is 8.00. The molecule has 0 aliphatic heterocycles. The Labute approximate surface area is 147 Å². The van der Waals surface area contributed by atoms with Crippen LogP contribution in [-0.4, -0.2) is 32.5 Å². The highest BCUT2D eigenvalue weighted by Crippen LogP contribution is 2.25. The number of nitrogens with one attached hydrogen (secondary N) is 1. The fourth-order valence-electron chi connectivity index (χ4n) is 3.06. The van der Waals surface area contributed by atoms with E-state index in [1.807, 2.05) is 41.8 Å². The van der Waals surface area contributed by atoms with Gasteiger partial charge < -0.3 is 5.32 Å². The molecule has 2 aromatic rings. The van der Waals surface area contributed by atoms with Crippen molar-refractivity contribution in [1.82, 2.24) is 20.1 Å². The van der Waals surface area contributed by atoms with Gasteiger partial charge in [0.15, 0.2) is 5.16 Å². The number of para-hydroxylation sites is 1. The maximum Gasteiger partial charge on any atom is 0.233 e. The minimum absolute atomic E-state index is 0.0770. The Morgan fingerprint density at radius 1 is 1.29 bits per heavy atom. The Morgan fingerprint density at radius 2 is 2.04 bits per heavy atom. The van der Waals surface area contributed by atoms with Crippen LogP contribution in [0.4, 0.5) is 0 Å². The molecule has 0 unspecified atom stereocenters.